The van der Waals surface area contributed by atoms with Crippen molar-refractivity contribution in [1.82, 2.24) is 15.5 Å². The number of aliphatic carboxylic acids is 1. The molecule has 0 fully saturated rings. The van der Waals surface area contributed by atoms with Crippen molar-refractivity contribution in [3.8, 4) is 11.1 Å². The molecular formula is C31H37N3O7. The van der Waals surface area contributed by atoms with Crippen molar-refractivity contribution in [2.75, 3.05) is 26.2 Å². The monoisotopic (exact) mass is 563 g/mol. The Morgan fingerprint density at radius 1 is 0.927 bits per heavy atom. The van der Waals surface area contributed by atoms with E-state index in [-0.39, 0.29) is 44.5 Å². The van der Waals surface area contributed by atoms with Gasteiger partial charge in [0, 0.05) is 19.9 Å². The number of nitrogens with zero attached hydrogens (tertiary/aromatic N) is 1. The highest BCUT2D eigenvalue weighted by Gasteiger charge is 2.28. The van der Waals surface area contributed by atoms with Gasteiger partial charge in [0.05, 0.1) is 13.1 Å². The number of urea groups is 1. The van der Waals surface area contributed by atoms with Gasteiger partial charge in [0.25, 0.3) is 0 Å². The van der Waals surface area contributed by atoms with Gasteiger partial charge in [-0.2, -0.15) is 0 Å². The van der Waals surface area contributed by atoms with Crippen molar-refractivity contribution >= 4 is 34.6 Å². The molecule has 0 heterocycles. The molecule has 0 bridgehead atoms. The molecule has 4 N–H and O–H groups in total. The van der Waals surface area contributed by atoms with E-state index < -0.39 is 30.1 Å². The Labute approximate surface area is 239 Å². The van der Waals surface area contributed by atoms with Crippen LogP contribution in [0.4, 0.5) is 4.79 Å². The van der Waals surface area contributed by atoms with E-state index in [1.54, 1.807) is 0 Å². The quantitative estimate of drug-likeness (QED) is 0.185. The predicted molar refractivity (Wildman–Crippen MR) is 155 cm³/mol. The van der Waals surface area contributed by atoms with Gasteiger partial charge in [-0.15, -0.1) is 0 Å². The van der Waals surface area contributed by atoms with Crippen molar-refractivity contribution in [3.63, 3.8) is 0 Å². The average Bonchev–Trinajstić information content (AvgIpc) is 2.94. The summed E-state index contributed by atoms with van der Waals surface area (Å²) in [6.45, 7) is 4.78. The highest BCUT2D eigenvalue weighted by Crippen LogP contribution is 2.28. The third-order valence-electron chi connectivity index (χ3n) is 6.35. The van der Waals surface area contributed by atoms with Gasteiger partial charge in [-0.3, -0.25) is 4.79 Å². The Bertz CT molecular complexity index is 1350. The molecule has 1 unspecified atom stereocenters. The Morgan fingerprint density at radius 3 is 2.27 bits per heavy atom. The summed E-state index contributed by atoms with van der Waals surface area (Å²) >= 11 is 0. The first kappa shape index (κ1) is 31.1. The van der Waals surface area contributed by atoms with E-state index in [1.807, 2.05) is 74.5 Å². The molecule has 41 heavy (non-hydrogen) atoms. The van der Waals surface area contributed by atoms with Crippen molar-refractivity contribution < 1.29 is 34.1 Å². The van der Waals surface area contributed by atoms with Crippen LogP contribution in [0.15, 0.2) is 66.7 Å². The molecule has 218 valence electrons. The molecule has 3 aromatic rings. The second-order valence-corrected chi connectivity index (χ2v) is 10.2. The predicted octanol–water partition coefficient (Wildman–Crippen LogP) is 3.21. The molecule has 0 aromatic heterocycles. The lowest BCUT2D eigenvalue weighted by Gasteiger charge is -2.28. The third kappa shape index (κ3) is 9.32. The molecule has 0 aliphatic carbocycles. The van der Waals surface area contributed by atoms with Gasteiger partial charge in [-0.05, 0) is 33.4 Å². The number of carbonyl (C=O) groups is 4. The molecule has 0 saturated carbocycles. The molecule has 0 aliphatic rings. The zero-order valence-electron chi connectivity index (χ0n) is 23.5. The molecular weight excluding hydrogens is 526 g/mol. The highest BCUT2D eigenvalue weighted by molar-refractivity contribution is 5.96. The van der Waals surface area contributed by atoms with Crippen molar-refractivity contribution in [2.24, 2.45) is 5.92 Å². The Hall–Kier alpha value is -4.44. The van der Waals surface area contributed by atoms with Crippen LogP contribution in [0.2, 0.25) is 0 Å². The van der Waals surface area contributed by atoms with Gasteiger partial charge in [-0.25, -0.2) is 14.4 Å². The number of hydrogen-bond donors (Lipinski definition) is 4. The van der Waals surface area contributed by atoms with E-state index in [4.69, 9.17) is 4.74 Å². The fraction of sp³-hybridized carbons (Fsp3) is 0.355. The SMILES string of the molecule is CC(=O)NCCOC(=O)C(O)CN(CC(C)C)C(=O)N[C@@H](Cc1ccc(-c2cccc3ccccc23)cc1)C(=O)O. The van der Waals surface area contributed by atoms with Gasteiger partial charge in [-0.1, -0.05) is 80.6 Å². The summed E-state index contributed by atoms with van der Waals surface area (Å²) in [5.74, 6) is -2.46. The number of aliphatic hydroxyl groups excluding tert-OH is 1. The molecule has 0 radical (unpaired) electrons. The van der Waals surface area contributed by atoms with Gasteiger partial charge in [0.15, 0.2) is 6.10 Å². The molecule has 0 spiro atoms. The number of ether oxygens (including phenoxy) is 1. The largest absolute Gasteiger partial charge is 0.480 e. The maximum Gasteiger partial charge on any atom is 0.336 e. The van der Waals surface area contributed by atoms with Crippen molar-refractivity contribution in [3.05, 3.63) is 72.3 Å². The number of nitrogens with one attached hydrogen (secondary N) is 2. The lowest BCUT2D eigenvalue weighted by molar-refractivity contribution is -0.154. The van der Waals surface area contributed by atoms with E-state index in [0.717, 1.165) is 27.5 Å². The van der Waals surface area contributed by atoms with Crippen LogP contribution in [0.3, 0.4) is 0 Å². The van der Waals surface area contributed by atoms with Gasteiger partial charge < -0.3 is 30.5 Å². The zero-order chi connectivity index (χ0) is 29.9. The van der Waals surface area contributed by atoms with E-state index in [1.165, 1.54) is 11.8 Å². The number of hydrogen-bond acceptors (Lipinski definition) is 6. The number of amides is 3. The Kier molecular flexibility index (Phi) is 11.2. The first-order valence-corrected chi connectivity index (χ1v) is 13.5. The van der Waals surface area contributed by atoms with Crippen LogP contribution in [0.25, 0.3) is 21.9 Å². The number of carboxylic acids is 1. The fourth-order valence-corrected chi connectivity index (χ4v) is 4.41. The van der Waals surface area contributed by atoms with E-state index in [2.05, 4.69) is 16.7 Å². The smallest absolute Gasteiger partial charge is 0.336 e. The normalized spacial score (nSPS) is 12.4. The minimum absolute atomic E-state index is 0.0198. The summed E-state index contributed by atoms with van der Waals surface area (Å²) in [6.07, 6.45) is -1.60. The first-order chi connectivity index (χ1) is 19.5. The molecule has 0 aliphatic heterocycles. The van der Waals surface area contributed by atoms with Gasteiger partial charge in [0.2, 0.25) is 5.91 Å². The number of carboxylic acid groups (broad SMARTS) is 1. The molecule has 3 amide bonds. The van der Waals surface area contributed by atoms with Crippen LogP contribution in [-0.4, -0.2) is 77.4 Å². The zero-order valence-corrected chi connectivity index (χ0v) is 23.5. The summed E-state index contributed by atoms with van der Waals surface area (Å²) in [4.78, 5) is 49.4. The summed E-state index contributed by atoms with van der Waals surface area (Å²) in [5.41, 5.74) is 2.77. The first-order valence-electron chi connectivity index (χ1n) is 13.5. The van der Waals surface area contributed by atoms with Crippen LogP contribution < -0.4 is 10.6 Å². The topological polar surface area (TPSA) is 145 Å². The molecule has 10 heteroatoms. The maximum atomic E-state index is 13.1. The number of benzene rings is 3. The summed E-state index contributed by atoms with van der Waals surface area (Å²) in [5, 5.41) is 27.4. The van der Waals surface area contributed by atoms with E-state index >= 15 is 0 Å². The summed E-state index contributed by atoms with van der Waals surface area (Å²) in [6, 6.07) is 19.7. The lowest BCUT2D eigenvalue weighted by Crippen LogP contribution is -2.52. The highest BCUT2D eigenvalue weighted by atomic mass is 16.5. The van der Waals surface area contributed by atoms with E-state index in [9.17, 15) is 29.4 Å². The second kappa shape index (κ2) is 14.8. The number of esters is 1. The Morgan fingerprint density at radius 2 is 1.61 bits per heavy atom. The lowest BCUT2D eigenvalue weighted by atomic mass is 9.96. The van der Waals surface area contributed by atoms with Crippen LogP contribution in [0, 0.1) is 5.92 Å². The summed E-state index contributed by atoms with van der Waals surface area (Å²) in [7, 11) is 0. The standard InChI is InChI=1S/C31H37N3O7/c1-20(2)18-34(19-28(36)30(39)41-16-15-32-21(3)35)31(40)33-27(29(37)38)17-22-11-13-24(14-12-22)26-10-6-8-23-7-4-5-9-25(23)26/h4-14,20,27-28,36H,15-19H2,1-3H3,(H,32,35)(H,33,40)(H,37,38)/t27-,28?/m0/s1. The average molecular weight is 564 g/mol. The fourth-order valence-electron chi connectivity index (χ4n) is 4.41. The van der Waals surface area contributed by atoms with Gasteiger partial charge in [0.1, 0.15) is 12.6 Å². The van der Waals surface area contributed by atoms with Gasteiger partial charge >= 0.3 is 18.0 Å². The summed E-state index contributed by atoms with van der Waals surface area (Å²) < 4.78 is 4.95. The molecule has 3 aromatic carbocycles. The van der Waals surface area contributed by atoms with Crippen LogP contribution in [-0.2, 0) is 25.5 Å². The number of aliphatic hydroxyl groups is 1. The third-order valence-corrected chi connectivity index (χ3v) is 6.35. The van der Waals surface area contributed by atoms with Crippen LogP contribution >= 0.6 is 0 Å². The van der Waals surface area contributed by atoms with Crippen molar-refractivity contribution in [2.45, 2.75) is 39.3 Å². The number of rotatable bonds is 13. The number of fused-ring (bicyclic) bond motifs is 1. The van der Waals surface area contributed by atoms with Crippen LogP contribution in [0.5, 0.6) is 0 Å². The molecule has 10 nitrogen and oxygen atoms in total. The van der Waals surface area contributed by atoms with Crippen LogP contribution in [0.1, 0.15) is 26.3 Å². The molecule has 3 rings (SSSR count). The minimum Gasteiger partial charge on any atom is -0.480 e. The number of carbonyl (C=O) groups excluding carboxylic acids is 3. The maximum absolute atomic E-state index is 13.1. The van der Waals surface area contributed by atoms with Crippen molar-refractivity contribution in [1.29, 1.82) is 0 Å². The molecule has 0 saturated heterocycles. The minimum atomic E-state index is -1.64. The second-order valence-electron chi connectivity index (χ2n) is 10.2. The van der Waals surface area contributed by atoms with E-state index in [0.29, 0.717) is 0 Å². The Balaban J connectivity index is 1.65. The molecule has 2 atom stereocenters.